The highest BCUT2D eigenvalue weighted by molar-refractivity contribution is 7.47. The van der Waals surface area contributed by atoms with Gasteiger partial charge in [0.1, 0.15) is 19.8 Å². The lowest BCUT2D eigenvalue weighted by Gasteiger charge is -2.24. The summed E-state index contributed by atoms with van der Waals surface area (Å²) in [5.41, 5.74) is 0. The van der Waals surface area contributed by atoms with Gasteiger partial charge in [0.25, 0.3) is 0 Å². The molecule has 2 atom stereocenters. The molecule has 0 aromatic heterocycles. The minimum absolute atomic E-state index is 0.0255. The van der Waals surface area contributed by atoms with E-state index in [0.29, 0.717) is 17.4 Å². The van der Waals surface area contributed by atoms with Crippen molar-refractivity contribution in [3.63, 3.8) is 0 Å². The predicted molar refractivity (Wildman–Crippen MR) is 289 cm³/mol. The number of hydrogen-bond donors (Lipinski definition) is 1. The third-order valence-electron chi connectivity index (χ3n) is 11.7. The average Bonchev–Trinajstić information content (AvgIpc) is 3.30. The van der Waals surface area contributed by atoms with E-state index in [0.717, 1.165) is 83.5 Å². The number of hydrogen-bond acceptors (Lipinski definition) is 7. The van der Waals surface area contributed by atoms with Gasteiger partial charge in [0.05, 0.1) is 27.7 Å². The molecule has 0 amide bonds. The number of unbranched alkanes of at least 4 members (excludes halogenated alkanes) is 24. The Morgan fingerprint density at radius 1 is 0.456 bits per heavy atom. The quantitative estimate of drug-likeness (QED) is 0.0211. The zero-order valence-electron chi connectivity index (χ0n) is 44.6. The number of likely N-dealkylation sites (N-methyl/N-ethyl adjacent to an activating group) is 1. The van der Waals surface area contributed by atoms with Crippen LogP contribution in [0.2, 0.25) is 0 Å². The Morgan fingerprint density at radius 3 is 1.21 bits per heavy atom. The van der Waals surface area contributed by atoms with Crippen LogP contribution in [-0.2, 0) is 32.7 Å². The molecule has 2 unspecified atom stereocenters. The highest BCUT2D eigenvalue weighted by Crippen LogP contribution is 2.43. The van der Waals surface area contributed by atoms with Gasteiger partial charge in [-0.05, 0) is 89.9 Å². The minimum atomic E-state index is -4.39. The van der Waals surface area contributed by atoms with Crippen molar-refractivity contribution < 1.29 is 42.1 Å². The fourth-order valence-electron chi connectivity index (χ4n) is 7.38. The first-order valence-electron chi connectivity index (χ1n) is 27.7. The highest BCUT2D eigenvalue weighted by Gasteiger charge is 2.27. The monoisotopic (exact) mass is 975 g/mol. The maximum atomic E-state index is 12.8. The SMILES string of the molecule is CCCCC/C=C\C/C=C\C/C=C\CCCCCCCCC(=O)OCC(COP(=O)(O)OCC[N+](C)(C)C)OC(=O)CCCCCCCCCCCC/C=C\C/C=C\C/C=C\CCCCCCC. The van der Waals surface area contributed by atoms with Gasteiger partial charge in [0, 0.05) is 12.8 Å². The molecule has 68 heavy (non-hydrogen) atoms. The molecule has 0 saturated heterocycles. The average molecular weight is 975 g/mol. The van der Waals surface area contributed by atoms with Crippen molar-refractivity contribution in [1.29, 1.82) is 0 Å². The van der Waals surface area contributed by atoms with Gasteiger partial charge in [-0.3, -0.25) is 18.6 Å². The number of esters is 2. The van der Waals surface area contributed by atoms with E-state index in [1.807, 2.05) is 21.1 Å². The van der Waals surface area contributed by atoms with Crippen LogP contribution in [-0.4, -0.2) is 74.9 Å². The van der Waals surface area contributed by atoms with E-state index in [4.69, 9.17) is 18.5 Å². The standard InChI is InChI=1S/C58H104NO8P/c1-6-8-10-12-14-16-18-20-22-24-26-27-28-29-30-31-33-35-37-39-41-43-45-47-49-51-58(61)67-56(55-66-68(62,63)65-53-52-59(3,4)5)54-64-57(60)50-48-46-44-42-40-38-36-34-32-25-23-21-19-17-15-13-11-9-7-2/h15,17-18,20-21,23-24,26,28-29,32,34,56H,6-14,16,19,22,25,27,30-31,33,35-55H2,1-5H3/p+1/b17-15-,20-18-,23-21-,26-24-,29-28-,34-32-. The molecule has 0 saturated carbocycles. The number of carbonyl (C=O) groups excluding carboxylic acids is 2. The maximum absolute atomic E-state index is 12.8. The molecule has 0 aliphatic rings. The minimum Gasteiger partial charge on any atom is -0.462 e. The Bertz CT molecular complexity index is 1380. The zero-order valence-corrected chi connectivity index (χ0v) is 45.5. The number of rotatable bonds is 50. The summed E-state index contributed by atoms with van der Waals surface area (Å²) in [6, 6.07) is 0. The topological polar surface area (TPSA) is 108 Å². The highest BCUT2D eigenvalue weighted by atomic mass is 31.2. The third kappa shape index (κ3) is 52.8. The molecule has 0 spiro atoms. The summed E-state index contributed by atoms with van der Waals surface area (Å²) >= 11 is 0. The first-order valence-corrected chi connectivity index (χ1v) is 29.2. The van der Waals surface area contributed by atoms with Crippen molar-refractivity contribution in [2.75, 3.05) is 47.5 Å². The number of quaternary nitrogens is 1. The van der Waals surface area contributed by atoms with Crippen LogP contribution in [0, 0.1) is 0 Å². The molecule has 0 aromatic rings. The summed E-state index contributed by atoms with van der Waals surface area (Å²) in [5.74, 6) is -0.817. The van der Waals surface area contributed by atoms with Crippen molar-refractivity contribution in [3.8, 4) is 0 Å². The first-order chi connectivity index (χ1) is 33.0. The van der Waals surface area contributed by atoms with E-state index in [2.05, 4.69) is 86.8 Å². The van der Waals surface area contributed by atoms with Crippen molar-refractivity contribution in [3.05, 3.63) is 72.9 Å². The second-order valence-electron chi connectivity index (χ2n) is 19.6. The van der Waals surface area contributed by atoms with Gasteiger partial charge >= 0.3 is 19.8 Å². The number of nitrogens with zero attached hydrogens (tertiary/aromatic N) is 1. The maximum Gasteiger partial charge on any atom is 0.472 e. The van der Waals surface area contributed by atoms with Crippen LogP contribution >= 0.6 is 7.82 Å². The third-order valence-corrected chi connectivity index (χ3v) is 12.7. The molecule has 0 aliphatic heterocycles. The summed E-state index contributed by atoms with van der Waals surface area (Å²) in [6.07, 6.45) is 63.8. The molecule has 0 rings (SSSR count). The lowest BCUT2D eigenvalue weighted by atomic mass is 10.0. The van der Waals surface area contributed by atoms with E-state index >= 15 is 0 Å². The lowest BCUT2D eigenvalue weighted by Crippen LogP contribution is -2.37. The van der Waals surface area contributed by atoms with E-state index < -0.39 is 26.5 Å². The van der Waals surface area contributed by atoms with Crippen molar-refractivity contribution in [1.82, 2.24) is 0 Å². The molecule has 0 fully saturated rings. The van der Waals surface area contributed by atoms with Crippen LogP contribution in [0.4, 0.5) is 0 Å². The Hall–Kier alpha value is -2.55. The fraction of sp³-hybridized carbons (Fsp3) is 0.759. The normalized spacial score (nSPS) is 13.9. The molecule has 0 aromatic carbocycles. The number of phosphoric acid groups is 1. The molecule has 1 N–H and O–H groups in total. The first kappa shape index (κ1) is 65.5. The second-order valence-corrected chi connectivity index (χ2v) is 21.1. The molecular formula is C58H105NO8P+. The summed E-state index contributed by atoms with van der Waals surface area (Å²) in [6.45, 7) is 4.38. The van der Waals surface area contributed by atoms with Gasteiger partial charge in [-0.25, -0.2) is 4.57 Å². The van der Waals surface area contributed by atoms with Crippen molar-refractivity contribution >= 4 is 19.8 Å². The van der Waals surface area contributed by atoms with Gasteiger partial charge in [0.15, 0.2) is 6.10 Å². The summed E-state index contributed by atoms with van der Waals surface area (Å²) < 4.78 is 34.5. The summed E-state index contributed by atoms with van der Waals surface area (Å²) in [4.78, 5) is 35.6. The molecule has 394 valence electrons. The summed E-state index contributed by atoms with van der Waals surface area (Å²) in [7, 11) is 1.46. The number of ether oxygens (including phenoxy) is 2. The largest absolute Gasteiger partial charge is 0.472 e. The van der Waals surface area contributed by atoms with E-state index in [1.54, 1.807) is 0 Å². The Balaban J connectivity index is 4.24. The Labute approximate surface area is 418 Å². The van der Waals surface area contributed by atoms with Crippen molar-refractivity contribution in [2.45, 2.75) is 238 Å². The van der Waals surface area contributed by atoms with Crippen LogP contribution in [0.3, 0.4) is 0 Å². The van der Waals surface area contributed by atoms with E-state index in [9.17, 15) is 19.0 Å². The van der Waals surface area contributed by atoms with Gasteiger partial charge in [-0.1, -0.05) is 202 Å². The molecule has 0 heterocycles. The van der Waals surface area contributed by atoms with Gasteiger partial charge in [0.2, 0.25) is 0 Å². The molecule has 0 bridgehead atoms. The van der Waals surface area contributed by atoms with E-state index in [-0.39, 0.29) is 32.0 Å². The molecule has 0 radical (unpaired) electrons. The molecular weight excluding hydrogens is 870 g/mol. The van der Waals surface area contributed by atoms with Gasteiger partial charge < -0.3 is 18.9 Å². The molecule has 10 heteroatoms. The smallest absolute Gasteiger partial charge is 0.462 e. The number of phosphoric ester groups is 1. The van der Waals surface area contributed by atoms with Crippen LogP contribution < -0.4 is 0 Å². The molecule has 9 nitrogen and oxygen atoms in total. The van der Waals surface area contributed by atoms with Gasteiger partial charge in [-0.15, -0.1) is 0 Å². The molecule has 0 aliphatic carbocycles. The van der Waals surface area contributed by atoms with Crippen molar-refractivity contribution in [2.24, 2.45) is 0 Å². The second kappa shape index (κ2) is 49.4. The lowest BCUT2D eigenvalue weighted by molar-refractivity contribution is -0.870. The number of allylic oxidation sites excluding steroid dienone is 12. The zero-order chi connectivity index (χ0) is 49.9. The fourth-order valence-corrected chi connectivity index (χ4v) is 8.12. The Kier molecular flexibility index (Phi) is 47.6. The van der Waals surface area contributed by atoms with Crippen LogP contribution in [0.5, 0.6) is 0 Å². The summed E-state index contributed by atoms with van der Waals surface area (Å²) in [5, 5.41) is 0. The van der Waals surface area contributed by atoms with Crippen LogP contribution in [0.25, 0.3) is 0 Å². The Morgan fingerprint density at radius 2 is 0.794 bits per heavy atom. The number of carbonyl (C=O) groups is 2. The van der Waals surface area contributed by atoms with E-state index in [1.165, 1.54) is 116 Å². The van der Waals surface area contributed by atoms with Crippen LogP contribution in [0.1, 0.15) is 232 Å². The van der Waals surface area contributed by atoms with Crippen LogP contribution in [0.15, 0.2) is 72.9 Å². The predicted octanol–water partition coefficient (Wildman–Crippen LogP) is 16.9. The van der Waals surface area contributed by atoms with Gasteiger partial charge in [-0.2, -0.15) is 0 Å².